The second-order valence-electron chi connectivity index (χ2n) is 4.53. The highest BCUT2D eigenvalue weighted by Crippen LogP contribution is 2.38. The van der Waals surface area contributed by atoms with Gasteiger partial charge in [0.25, 0.3) is 0 Å². The summed E-state index contributed by atoms with van der Waals surface area (Å²) < 4.78 is 5.55. The molecule has 1 aliphatic rings. The van der Waals surface area contributed by atoms with Crippen LogP contribution in [0.5, 0.6) is 11.5 Å². The fourth-order valence-corrected chi connectivity index (χ4v) is 2.22. The van der Waals surface area contributed by atoms with Gasteiger partial charge in [0.1, 0.15) is 11.5 Å². The lowest BCUT2D eigenvalue weighted by atomic mass is 9.93. The number of rotatable bonds is 1. The van der Waals surface area contributed by atoms with Gasteiger partial charge in [0.15, 0.2) is 5.78 Å². The molecule has 1 atom stereocenters. The molecule has 4 nitrogen and oxygen atoms in total. The van der Waals surface area contributed by atoms with E-state index < -0.39 is 5.79 Å². The summed E-state index contributed by atoms with van der Waals surface area (Å²) in [5, 5.41) is 19.9. The summed E-state index contributed by atoms with van der Waals surface area (Å²) in [6.07, 6.45) is -0.173. The first-order valence-electron chi connectivity index (χ1n) is 5.92. The van der Waals surface area contributed by atoms with Crippen molar-refractivity contribution in [2.24, 2.45) is 0 Å². The molecule has 0 saturated carbocycles. The quantitative estimate of drug-likeness (QED) is 0.820. The highest BCUT2D eigenvalue weighted by molar-refractivity contribution is 6.00. The van der Waals surface area contributed by atoms with E-state index in [2.05, 4.69) is 0 Å². The molecule has 0 saturated heterocycles. The van der Waals surface area contributed by atoms with Crippen molar-refractivity contribution in [3.8, 4) is 11.5 Å². The third-order valence-corrected chi connectivity index (χ3v) is 3.17. The normalized spacial score (nSPS) is 21.6. The Kier molecular flexibility index (Phi) is 2.54. The molecule has 2 aromatic carbocycles. The lowest BCUT2D eigenvalue weighted by molar-refractivity contribution is -0.147. The van der Waals surface area contributed by atoms with Crippen molar-refractivity contribution in [2.45, 2.75) is 12.2 Å². The van der Waals surface area contributed by atoms with E-state index in [0.29, 0.717) is 11.1 Å². The number of ether oxygens (including phenoxy) is 1. The standard InChI is InChI=1S/C15H12O4/c16-11-6-7-14-12(8-11)13(17)9-15(18,19-14)10-4-2-1-3-5-10/h1-8,16,18H,9H2. The molecule has 3 rings (SSSR count). The fourth-order valence-electron chi connectivity index (χ4n) is 2.22. The summed E-state index contributed by atoms with van der Waals surface area (Å²) >= 11 is 0. The third-order valence-electron chi connectivity index (χ3n) is 3.17. The number of hydrogen-bond donors (Lipinski definition) is 2. The Morgan fingerprint density at radius 1 is 1.11 bits per heavy atom. The minimum Gasteiger partial charge on any atom is -0.508 e. The largest absolute Gasteiger partial charge is 0.508 e. The van der Waals surface area contributed by atoms with E-state index in [0.717, 1.165) is 0 Å². The molecule has 1 unspecified atom stereocenters. The number of Topliss-reactive ketones (excluding diaryl/α,β-unsaturated/α-hetero) is 1. The molecule has 1 heterocycles. The summed E-state index contributed by atoms with van der Waals surface area (Å²) in [7, 11) is 0. The van der Waals surface area contributed by atoms with E-state index in [1.807, 2.05) is 6.07 Å². The van der Waals surface area contributed by atoms with Crippen LogP contribution in [0.1, 0.15) is 22.3 Å². The van der Waals surface area contributed by atoms with Gasteiger partial charge in [-0.1, -0.05) is 30.3 Å². The van der Waals surface area contributed by atoms with Gasteiger partial charge >= 0.3 is 0 Å². The molecule has 0 bridgehead atoms. The van der Waals surface area contributed by atoms with E-state index in [4.69, 9.17) is 4.74 Å². The number of phenols is 1. The highest BCUT2D eigenvalue weighted by Gasteiger charge is 2.40. The van der Waals surface area contributed by atoms with E-state index >= 15 is 0 Å². The van der Waals surface area contributed by atoms with Crippen molar-refractivity contribution in [1.82, 2.24) is 0 Å². The number of carbonyl (C=O) groups is 1. The summed E-state index contributed by atoms with van der Waals surface area (Å²) in [5.74, 6) is -1.63. The average molecular weight is 256 g/mol. The van der Waals surface area contributed by atoms with Crippen LogP contribution in [0.2, 0.25) is 0 Å². The first kappa shape index (κ1) is 11.7. The Hall–Kier alpha value is -2.33. The SMILES string of the molecule is O=C1CC(O)(c2ccccc2)Oc2ccc(O)cc21. The Balaban J connectivity index is 2.06. The van der Waals surface area contributed by atoms with E-state index in [1.165, 1.54) is 18.2 Å². The zero-order valence-corrected chi connectivity index (χ0v) is 10.0. The van der Waals surface area contributed by atoms with Crippen LogP contribution in [0, 0.1) is 0 Å². The Morgan fingerprint density at radius 3 is 2.58 bits per heavy atom. The smallest absolute Gasteiger partial charge is 0.242 e. The highest BCUT2D eigenvalue weighted by atomic mass is 16.6. The molecular formula is C15H12O4. The van der Waals surface area contributed by atoms with Gasteiger partial charge in [0.2, 0.25) is 5.79 Å². The molecule has 2 aromatic rings. The molecule has 0 aromatic heterocycles. The maximum Gasteiger partial charge on any atom is 0.242 e. The van der Waals surface area contributed by atoms with E-state index in [1.54, 1.807) is 24.3 Å². The molecule has 0 aliphatic carbocycles. The molecule has 0 amide bonds. The van der Waals surface area contributed by atoms with Crippen LogP contribution in [0.4, 0.5) is 0 Å². The van der Waals surface area contributed by atoms with Gasteiger partial charge in [-0.25, -0.2) is 0 Å². The predicted molar refractivity (Wildman–Crippen MR) is 68.0 cm³/mol. The van der Waals surface area contributed by atoms with Crippen molar-refractivity contribution in [1.29, 1.82) is 0 Å². The number of benzene rings is 2. The molecule has 0 fully saturated rings. The summed E-state index contributed by atoms with van der Waals surface area (Å²) in [4.78, 5) is 12.1. The van der Waals surface area contributed by atoms with Gasteiger partial charge in [0, 0.05) is 5.56 Å². The Morgan fingerprint density at radius 2 is 1.84 bits per heavy atom. The molecule has 96 valence electrons. The molecular weight excluding hydrogens is 244 g/mol. The molecule has 0 spiro atoms. The van der Waals surface area contributed by atoms with Crippen molar-refractivity contribution in [2.75, 3.05) is 0 Å². The van der Waals surface area contributed by atoms with Crippen LogP contribution >= 0.6 is 0 Å². The van der Waals surface area contributed by atoms with Crippen molar-refractivity contribution in [3.05, 3.63) is 59.7 Å². The van der Waals surface area contributed by atoms with Gasteiger partial charge in [0.05, 0.1) is 12.0 Å². The number of hydrogen-bond acceptors (Lipinski definition) is 4. The third kappa shape index (κ3) is 1.96. The number of fused-ring (bicyclic) bond motifs is 1. The van der Waals surface area contributed by atoms with Crippen molar-refractivity contribution < 1.29 is 19.7 Å². The van der Waals surface area contributed by atoms with Crippen LogP contribution < -0.4 is 4.74 Å². The predicted octanol–water partition coefficient (Wildman–Crippen LogP) is 2.20. The summed E-state index contributed by atoms with van der Waals surface area (Å²) in [6.45, 7) is 0. The van der Waals surface area contributed by atoms with E-state index in [9.17, 15) is 15.0 Å². The maximum absolute atomic E-state index is 12.1. The Labute approximate surface area is 109 Å². The molecule has 1 aliphatic heterocycles. The molecule has 2 N–H and O–H groups in total. The minimum atomic E-state index is -1.65. The van der Waals surface area contributed by atoms with Crippen molar-refractivity contribution in [3.63, 3.8) is 0 Å². The van der Waals surface area contributed by atoms with Crippen LogP contribution in [-0.4, -0.2) is 16.0 Å². The van der Waals surface area contributed by atoms with Crippen LogP contribution in [0.3, 0.4) is 0 Å². The van der Waals surface area contributed by atoms with Gasteiger partial charge < -0.3 is 14.9 Å². The van der Waals surface area contributed by atoms with Crippen LogP contribution in [0.15, 0.2) is 48.5 Å². The first-order valence-corrected chi connectivity index (χ1v) is 5.92. The van der Waals surface area contributed by atoms with Crippen LogP contribution in [0.25, 0.3) is 0 Å². The maximum atomic E-state index is 12.1. The van der Waals surface area contributed by atoms with Gasteiger partial charge in [-0.05, 0) is 18.2 Å². The molecule has 19 heavy (non-hydrogen) atoms. The number of carbonyl (C=O) groups excluding carboxylic acids is 1. The number of phenolic OH excluding ortho intramolecular Hbond substituents is 1. The Bertz CT molecular complexity index is 636. The minimum absolute atomic E-state index is 0.000788. The zero-order chi connectivity index (χ0) is 13.5. The fraction of sp³-hybridized carbons (Fsp3) is 0.133. The second-order valence-corrected chi connectivity index (χ2v) is 4.53. The van der Waals surface area contributed by atoms with Crippen LogP contribution in [-0.2, 0) is 5.79 Å². The molecule has 4 heteroatoms. The lowest BCUT2D eigenvalue weighted by Crippen LogP contribution is -2.39. The monoisotopic (exact) mass is 256 g/mol. The van der Waals surface area contributed by atoms with Gasteiger partial charge in [-0.2, -0.15) is 0 Å². The number of aromatic hydroxyl groups is 1. The topological polar surface area (TPSA) is 66.8 Å². The van der Waals surface area contributed by atoms with E-state index in [-0.39, 0.29) is 23.7 Å². The first-order chi connectivity index (χ1) is 9.08. The van der Waals surface area contributed by atoms with Crippen molar-refractivity contribution >= 4 is 5.78 Å². The summed E-state index contributed by atoms with van der Waals surface area (Å²) in [5.41, 5.74) is 0.822. The van der Waals surface area contributed by atoms with Gasteiger partial charge in [-0.3, -0.25) is 4.79 Å². The summed E-state index contributed by atoms with van der Waals surface area (Å²) in [6, 6.07) is 13.0. The zero-order valence-electron chi connectivity index (χ0n) is 10.0. The van der Waals surface area contributed by atoms with Gasteiger partial charge in [-0.15, -0.1) is 0 Å². The number of ketones is 1. The second kappa shape index (κ2) is 4.10. The average Bonchev–Trinajstić information content (AvgIpc) is 2.41. The molecule has 0 radical (unpaired) electrons. The number of aliphatic hydroxyl groups is 1. The lowest BCUT2D eigenvalue weighted by Gasteiger charge is -2.33.